The Morgan fingerprint density at radius 2 is 2.19 bits per heavy atom. The molecule has 21 heavy (non-hydrogen) atoms. The number of ether oxygens (including phenoxy) is 1. The predicted octanol–water partition coefficient (Wildman–Crippen LogP) is 0.754. The van der Waals surface area contributed by atoms with E-state index in [4.69, 9.17) is 4.74 Å². The molecule has 1 amide bonds. The van der Waals surface area contributed by atoms with Crippen molar-refractivity contribution in [2.75, 3.05) is 44.3 Å². The van der Waals surface area contributed by atoms with Gasteiger partial charge in [0.05, 0.1) is 18.2 Å². The largest absolute Gasteiger partial charge is 0.379 e. The second-order valence-electron chi connectivity index (χ2n) is 5.44. The summed E-state index contributed by atoms with van der Waals surface area (Å²) in [6.45, 7) is 4.65. The maximum Gasteiger partial charge on any atom is 0.254 e. The Morgan fingerprint density at radius 1 is 1.38 bits per heavy atom. The molecule has 1 aromatic carbocycles. The fraction of sp³-hybridized carbons (Fsp3) is 0.533. The lowest BCUT2D eigenvalue weighted by Gasteiger charge is -2.29. The van der Waals surface area contributed by atoms with Gasteiger partial charge in [-0.2, -0.15) is 0 Å². The fourth-order valence-electron chi connectivity index (χ4n) is 2.72. The normalized spacial score (nSPS) is 22.3. The van der Waals surface area contributed by atoms with Crippen LogP contribution >= 0.6 is 0 Å². The van der Waals surface area contributed by atoms with E-state index >= 15 is 0 Å². The summed E-state index contributed by atoms with van der Waals surface area (Å²) in [5, 5.41) is 6.07. The Labute approximate surface area is 123 Å². The van der Waals surface area contributed by atoms with Gasteiger partial charge in [0.15, 0.2) is 0 Å². The number of amides is 1. The van der Waals surface area contributed by atoms with Crippen molar-refractivity contribution in [3.8, 4) is 0 Å². The van der Waals surface area contributed by atoms with E-state index in [9.17, 15) is 9.18 Å². The molecule has 0 spiro atoms. The molecular weight excluding hydrogens is 273 g/mol. The molecule has 2 N–H and O–H groups in total. The summed E-state index contributed by atoms with van der Waals surface area (Å²) in [6, 6.07) is 4.82. The van der Waals surface area contributed by atoms with Gasteiger partial charge in [0.25, 0.3) is 5.91 Å². The van der Waals surface area contributed by atoms with E-state index in [1.54, 1.807) is 6.07 Å². The lowest BCUT2D eigenvalue weighted by Crippen LogP contribution is -2.43. The van der Waals surface area contributed by atoms with Crippen LogP contribution in [0, 0.1) is 5.82 Å². The summed E-state index contributed by atoms with van der Waals surface area (Å²) in [4.78, 5) is 14.2. The van der Waals surface area contributed by atoms with Crippen LogP contribution in [-0.2, 0) is 4.74 Å². The first-order valence-corrected chi connectivity index (χ1v) is 7.38. The third-order valence-corrected chi connectivity index (χ3v) is 3.94. The van der Waals surface area contributed by atoms with Gasteiger partial charge in [-0.25, -0.2) is 4.39 Å². The van der Waals surface area contributed by atoms with Gasteiger partial charge >= 0.3 is 0 Å². The Bertz CT molecular complexity index is 512. The number of anilines is 1. The van der Waals surface area contributed by atoms with Gasteiger partial charge in [-0.15, -0.1) is 0 Å². The first-order valence-electron chi connectivity index (χ1n) is 7.38. The zero-order valence-corrected chi connectivity index (χ0v) is 11.9. The molecular formula is C15H20FN3O2. The van der Waals surface area contributed by atoms with Gasteiger partial charge < -0.3 is 20.3 Å². The minimum atomic E-state index is -0.470. The Morgan fingerprint density at radius 3 is 2.86 bits per heavy atom. The quantitative estimate of drug-likeness (QED) is 0.864. The van der Waals surface area contributed by atoms with Gasteiger partial charge in [0, 0.05) is 38.5 Å². The van der Waals surface area contributed by atoms with Gasteiger partial charge in [-0.3, -0.25) is 4.79 Å². The predicted molar refractivity (Wildman–Crippen MR) is 78.2 cm³/mol. The molecule has 2 aliphatic rings. The molecule has 114 valence electrons. The highest BCUT2D eigenvalue weighted by Crippen LogP contribution is 2.19. The molecule has 0 unspecified atom stereocenters. The molecule has 0 saturated carbocycles. The lowest BCUT2D eigenvalue weighted by atomic mass is 10.1. The van der Waals surface area contributed by atoms with Crippen LogP contribution in [0.25, 0.3) is 0 Å². The number of piperazine rings is 1. The lowest BCUT2D eigenvalue weighted by molar-refractivity contribution is 0.0926. The van der Waals surface area contributed by atoms with Crippen molar-refractivity contribution < 1.29 is 13.9 Å². The van der Waals surface area contributed by atoms with Crippen LogP contribution in [0.1, 0.15) is 16.8 Å². The van der Waals surface area contributed by atoms with E-state index in [0.29, 0.717) is 13.2 Å². The third-order valence-electron chi connectivity index (χ3n) is 3.94. The zero-order chi connectivity index (χ0) is 14.7. The standard InChI is InChI=1S/C15H20FN3O2/c16-14-9-12(19-6-4-17-5-7-19)1-2-13(14)15(20)18-11-3-8-21-10-11/h1-2,9,11,17H,3-8,10H2,(H,18,20)/t11-/m0/s1. The Hall–Kier alpha value is -1.66. The number of halogens is 1. The first-order chi connectivity index (χ1) is 10.2. The maximum atomic E-state index is 14.2. The number of carbonyl (C=O) groups is 1. The van der Waals surface area contributed by atoms with Gasteiger partial charge in [-0.1, -0.05) is 0 Å². The van der Waals surface area contributed by atoms with Crippen LogP contribution in [-0.4, -0.2) is 51.3 Å². The number of benzene rings is 1. The molecule has 1 aromatic rings. The van der Waals surface area contributed by atoms with Crippen molar-refractivity contribution >= 4 is 11.6 Å². The maximum absolute atomic E-state index is 14.2. The molecule has 2 fully saturated rings. The molecule has 0 bridgehead atoms. The summed E-state index contributed by atoms with van der Waals surface area (Å²) in [7, 11) is 0. The average molecular weight is 293 g/mol. The SMILES string of the molecule is O=C(N[C@H]1CCOC1)c1ccc(N2CCNCC2)cc1F. The van der Waals surface area contributed by atoms with Crippen LogP contribution in [0.2, 0.25) is 0 Å². The minimum Gasteiger partial charge on any atom is -0.379 e. The summed E-state index contributed by atoms with van der Waals surface area (Å²) in [5.41, 5.74) is 0.926. The van der Waals surface area contributed by atoms with E-state index in [1.807, 2.05) is 6.07 Å². The van der Waals surface area contributed by atoms with E-state index in [0.717, 1.165) is 38.3 Å². The molecule has 6 heteroatoms. The van der Waals surface area contributed by atoms with Crippen LogP contribution in [0.4, 0.5) is 10.1 Å². The highest BCUT2D eigenvalue weighted by Gasteiger charge is 2.21. The fourth-order valence-corrected chi connectivity index (χ4v) is 2.72. The number of nitrogens with zero attached hydrogens (tertiary/aromatic N) is 1. The summed E-state index contributed by atoms with van der Waals surface area (Å²) < 4.78 is 19.4. The molecule has 2 aliphatic heterocycles. The van der Waals surface area contributed by atoms with Gasteiger partial charge in [0.2, 0.25) is 0 Å². The monoisotopic (exact) mass is 293 g/mol. The molecule has 0 aromatic heterocycles. The van der Waals surface area contributed by atoms with Crippen molar-refractivity contribution in [2.24, 2.45) is 0 Å². The molecule has 3 rings (SSSR count). The van der Waals surface area contributed by atoms with Crippen molar-refractivity contribution in [3.05, 3.63) is 29.6 Å². The van der Waals surface area contributed by atoms with E-state index < -0.39 is 5.82 Å². The summed E-state index contributed by atoms with van der Waals surface area (Å²) >= 11 is 0. The van der Waals surface area contributed by atoms with Crippen molar-refractivity contribution in [1.29, 1.82) is 0 Å². The Balaban J connectivity index is 1.69. The summed E-state index contributed by atoms with van der Waals surface area (Å²) in [5.74, 6) is -0.836. The van der Waals surface area contributed by atoms with Gasteiger partial charge in [0.1, 0.15) is 5.82 Å². The van der Waals surface area contributed by atoms with E-state index in [-0.39, 0.29) is 17.5 Å². The van der Waals surface area contributed by atoms with Gasteiger partial charge in [-0.05, 0) is 24.6 Å². The van der Waals surface area contributed by atoms with E-state index in [2.05, 4.69) is 15.5 Å². The molecule has 2 saturated heterocycles. The second kappa shape index (κ2) is 6.41. The topological polar surface area (TPSA) is 53.6 Å². The highest BCUT2D eigenvalue weighted by molar-refractivity contribution is 5.95. The second-order valence-corrected chi connectivity index (χ2v) is 5.44. The molecule has 0 radical (unpaired) electrons. The number of rotatable bonds is 3. The van der Waals surface area contributed by atoms with Crippen LogP contribution < -0.4 is 15.5 Å². The van der Waals surface area contributed by atoms with Crippen molar-refractivity contribution in [2.45, 2.75) is 12.5 Å². The van der Waals surface area contributed by atoms with Crippen molar-refractivity contribution in [3.63, 3.8) is 0 Å². The third kappa shape index (κ3) is 3.33. The average Bonchev–Trinajstić information content (AvgIpc) is 3.01. The molecule has 5 nitrogen and oxygen atoms in total. The number of carbonyl (C=O) groups excluding carboxylic acids is 1. The minimum absolute atomic E-state index is 0.00950. The van der Waals surface area contributed by atoms with E-state index in [1.165, 1.54) is 6.07 Å². The van der Waals surface area contributed by atoms with Crippen molar-refractivity contribution in [1.82, 2.24) is 10.6 Å². The first kappa shape index (κ1) is 14.3. The number of nitrogens with one attached hydrogen (secondary N) is 2. The van der Waals surface area contributed by atoms with Crippen LogP contribution in [0.15, 0.2) is 18.2 Å². The van der Waals surface area contributed by atoms with Crippen LogP contribution in [0.3, 0.4) is 0 Å². The smallest absolute Gasteiger partial charge is 0.254 e. The number of hydrogen-bond donors (Lipinski definition) is 2. The molecule has 1 atom stereocenters. The molecule has 0 aliphatic carbocycles. The zero-order valence-electron chi connectivity index (χ0n) is 11.9. The number of hydrogen-bond acceptors (Lipinski definition) is 4. The highest BCUT2D eigenvalue weighted by atomic mass is 19.1. The van der Waals surface area contributed by atoms with Crippen LogP contribution in [0.5, 0.6) is 0 Å². The Kier molecular flexibility index (Phi) is 4.36. The molecule has 2 heterocycles. The summed E-state index contributed by atoms with van der Waals surface area (Å²) in [6.07, 6.45) is 0.784.